The summed E-state index contributed by atoms with van der Waals surface area (Å²) in [5.41, 5.74) is 1.14. The van der Waals surface area contributed by atoms with Gasteiger partial charge in [0.05, 0.1) is 6.04 Å². The third-order valence-corrected chi connectivity index (χ3v) is 6.02. The van der Waals surface area contributed by atoms with Crippen LogP contribution in [-0.2, 0) is 4.79 Å². The van der Waals surface area contributed by atoms with Gasteiger partial charge in [-0.25, -0.2) is 13.8 Å². The van der Waals surface area contributed by atoms with Gasteiger partial charge in [-0.3, -0.25) is 4.79 Å². The highest BCUT2D eigenvalue weighted by Crippen LogP contribution is 2.36. The molecule has 1 fully saturated rings. The minimum absolute atomic E-state index is 0.0778. The van der Waals surface area contributed by atoms with Gasteiger partial charge in [0.1, 0.15) is 17.1 Å². The van der Waals surface area contributed by atoms with Crippen LogP contribution in [0.4, 0.5) is 14.6 Å². The second-order valence-corrected chi connectivity index (χ2v) is 9.06. The van der Waals surface area contributed by atoms with E-state index in [1.54, 1.807) is 6.07 Å². The maximum absolute atomic E-state index is 14.0. The Morgan fingerprint density at radius 2 is 1.79 bits per heavy atom. The molecule has 0 spiro atoms. The van der Waals surface area contributed by atoms with Crippen LogP contribution in [0.15, 0.2) is 42.5 Å². The molecule has 2 heterocycles. The predicted molar refractivity (Wildman–Crippen MR) is 125 cm³/mol. The summed E-state index contributed by atoms with van der Waals surface area (Å²) in [6.45, 7) is 5.68. The van der Waals surface area contributed by atoms with Gasteiger partial charge < -0.3 is 15.3 Å². The number of carbonyl (C=O) groups is 1. The van der Waals surface area contributed by atoms with E-state index in [4.69, 9.17) is 4.98 Å². The van der Waals surface area contributed by atoms with Gasteiger partial charge in [0.15, 0.2) is 11.6 Å². The molecule has 1 aliphatic rings. The molecule has 1 unspecified atom stereocenters. The molecule has 174 valence electrons. The first-order chi connectivity index (χ1) is 15.8. The first kappa shape index (κ1) is 23.0. The van der Waals surface area contributed by atoms with Crippen molar-refractivity contribution in [1.82, 2.24) is 10.3 Å². The molecule has 0 aliphatic carbocycles. The van der Waals surface area contributed by atoms with Crippen LogP contribution in [0, 0.1) is 17.6 Å². The van der Waals surface area contributed by atoms with E-state index in [0.717, 1.165) is 49.3 Å². The zero-order valence-electron chi connectivity index (χ0n) is 18.9. The number of fused-ring (bicyclic) bond motifs is 1. The minimum atomic E-state index is -1.01. The molecule has 1 amide bonds. The fourth-order valence-electron chi connectivity index (χ4n) is 4.33. The van der Waals surface area contributed by atoms with E-state index in [0.29, 0.717) is 16.6 Å². The molecule has 0 bridgehead atoms. The molecular formula is C26H29F2N3O2. The lowest BCUT2D eigenvalue weighted by atomic mass is 9.95. The summed E-state index contributed by atoms with van der Waals surface area (Å²) in [7, 11) is 0. The molecule has 1 atom stereocenters. The van der Waals surface area contributed by atoms with Crippen molar-refractivity contribution in [2.45, 2.75) is 45.6 Å². The average molecular weight is 454 g/mol. The number of piperidine rings is 1. The number of anilines is 1. The molecule has 0 saturated carbocycles. The zero-order chi connectivity index (χ0) is 23.5. The molecular weight excluding hydrogens is 424 g/mol. The Balaban J connectivity index is 1.78. The van der Waals surface area contributed by atoms with E-state index in [2.05, 4.69) is 10.2 Å². The number of aromatic nitrogens is 1. The number of aromatic hydroxyl groups is 1. The first-order valence-corrected chi connectivity index (χ1v) is 11.5. The summed E-state index contributed by atoms with van der Waals surface area (Å²) in [5.74, 6) is -1.39. The maximum Gasteiger partial charge on any atom is 0.221 e. The van der Waals surface area contributed by atoms with Crippen LogP contribution < -0.4 is 10.2 Å². The van der Waals surface area contributed by atoms with Gasteiger partial charge in [-0.2, -0.15) is 0 Å². The van der Waals surface area contributed by atoms with Crippen molar-refractivity contribution in [1.29, 1.82) is 0 Å². The first-order valence-electron chi connectivity index (χ1n) is 11.5. The fraction of sp³-hybridized carbons (Fsp3) is 0.385. The van der Waals surface area contributed by atoms with Crippen molar-refractivity contribution in [3.63, 3.8) is 0 Å². The molecule has 1 aliphatic heterocycles. The summed E-state index contributed by atoms with van der Waals surface area (Å²) >= 11 is 0. The average Bonchev–Trinajstić information content (AvgIpc) is 2.80. The van der Waals surface area contributed by atoms with Crippen LogP contribution in [0.1, 0.15) is 56.7 Å². The Bertz CT molecular complexity index is 1160. The van der Waals surface area contributed by atoms with E-state index in [1.807, 2.05) is 32.0 Å². The van der Waals surface area contributed by atoms with Gasteiger partial charge in [-0.15, -0.1) is 0 Å². The number of nitrogens with zero attached hydrogens (tertiary/aromatic N) is 2. The Labute approximate surface area is 192 Å². The monoisotopic (exact) mass is 453 g/mol. The summed E-state index contributed by atoms with van der Waals surface area (Å²) in [5, 5.41) is 14.9. The highest BCUT2D eigenvalue weighted by Gasteiger charge is 2.24. The van der Waals surface area contributed by atoms with Gasteiger partial charge in [-0.1, -0.05) is 32.0 Å². The normalized spacial score (nSPS) is 15.1. The summed E-state index contributed by atoms with van der Waals surface area (Å²) in [6.07, 6.45) is 3.68. The molecule has 3 aromatic rings. The van der Waals surface area contributed by atoms with E-state index >= 15 is 0 Å². The molecule has 33 heavy (non-hydrogen) atoms. The summed E-state index contributed by atoms with van der Waals surface area (Å²) in [4.78, 5) is 19.5. The second-order valence-electron chi connectivity index (χ2n) is 9.06. The number of benzene rings is 2. The Kier molecular flexibility index (Phi) is 6.77. The molecule has 4 rings (SSSR count). The number of rotatable bonds is 6. The SMILES string of the molecule is CC(C)CC(=O)NC(c1ccc(F)c(F)c1)c1ccc2ccc(N3CCCCC3)nc2c1O. The number of phenolic OH excluding ortho intramolecular Hbond substituents is 1. The number of amides is 1. The second kappa shape index (κ2) is 9.73. The number of hydrogen-bond acceptors (Lipinski definition) is 4. The molecule has 5 nitrogen and oxygen atoms in total. The van der Waals surface area contributed by atoms with Crippen molar-refractivity contribution >= 4 is 22.6 Å². The molecule has 2 aromatic carbocycles. The molecule has 7 heteroatoms. The predicted octanol–water partition coefficient (Wildman–Crippen LogP) is 5.46. The Hall–Kier alpha value is -3.22. The van der Waals surface area contributed by atoms with Gasteiger partial charge in [0.2, 0.25) is 5.91 Å². The van der Waals surface area contributed by atoms with Crippen molar-refractivity contribution in [3.05, 3.63) is 65.2 Å². The van der Waals surface area contributed by atoms with Crippen molar-refractivity contribution < 1.29 is 18.7 Å². The van der Waals surface area contributed by atoms with Crippen molar-refractivity contribution in [2.24, 2.45) is 5.92 Å². The van der Waals surface area contributed by atoms with Gasteiger partial charge >= 0.3 is 0 Å². The number of phenols is 1. The van der Waals surface area contributed by atoms with Crippen LogP contribution in [0.2, 0.25) is 0 Å². The van der Waals surface area contributed by atoms with E-state index in [-0.39, 0.29) is 24.0 Å². The lowest BCUT2D eigenvalue weighted by Crippen LogP contribution is -2.30. The zero-order valence-corrected chi connectivity index (χ0v) is 18.9. The van der Waals surface area contributed by atoms with Gasteiger partial charge in [0, 0.05) is 30.5 Å². The van der Waals surface area contributed by atoms with Crippen LogP contribution in [0.3, 0.4) is 0 Å². The Morgan fingerprint density at radius 3 is 2.48 bits per heavy atom. The quantitative estimate of drug-likeness (QED) is 0.520. The lowest BCUT2D eigenvalue weighted by Gasteiger charge is -2.28. The van der Waals surface area contributed by atoms with Gasteiger partial charge in [-0.05, 0) is 55.0 Å². The van der Waals surface area contributed by atoms with Crippen LogP contribution in [0.25, 0.3) is 10.9 Å². The van der Waals surface area contributed by atoms with Crippen molar-refractivity contribution in [2.75, 3.05) is 18.0 Å². The lowest BCUT2D eigenvalue weighted by molar-refractivity contribution is -0.122. The molecule has 1 saturated heterocycles. The standard InChI is InChI=1S/C26H29F2N3O2/c1-16(2)14-23(32)30-24(18-7-10-20(27)21(28)15-18)19-9-6-17-8-11-22(29-25(17)26(19)33)31-12-4-3-5-13-31/h6-11,15-16,24,33H,3-5,12-14H2,1-2H3,(H,30,32). The van der Waals surface area contributed by atoms with E-state index < -0.39 is 17.7 Å². The molecule has 1 aromatic heterocycles. The smallest absolute Gasteiger partial charge is 0.221 e. The highest BCUT2D eigenvalue weighted by molar-refractivity contribution is 5.88. The third kappa shape index (κ3) is 5.07. The van der Waals surface area contributed by atoms with Crippen LogP contribution in [-0.4, -0.2) is 29.1 Å². The third-order valence-electron chi connectivity index (χ3n) is 6.02. The van der Waals surface area contributed by atoms with E-state index in [1.165, 1.54) is 12.5 Å². The number of halogens is 2. The number of nitrogens with one attached hydrogen (secondary N) is 1. The topological polar surface area (TPSA) is 65.5 Å². The summed E-state index contributed by atoms with van der Waals surface area (Å²) in [6, 6.07) is 10.0. The fourth-order valence-corrected chi connectivity index (χ4v) is 4.33. The summed E-state index contributed by atoms with van der Waals surface area (Å²) < 4.78 is 27.6. The van der Waals surface area contributed by atoms with E-state index in [9.17, 15) is 18.7 Å². The van der Waals surface area contributed by atoms with Gasteiger partial charge in [0.25, 0.3) is 0 Å². The molecule has 2 N–H and O–H groups in total. The number of pyridine rings is 1. The van der Waals surface area contributed by atoms with Crippen molar-refractivity contribution in [3.8, 4) is 5.75 Å². The molecule has 0 radical (unpaired) electrons. The largest absolute Gasteiger partial charge is 0.505 e. The highest BCUT2D eigenvalue weighted by atomic mass is 19.2. The van der Waals surface area contributed by atoms with Crippen LogP contribution in [0.5, 0.6) is 5.75 Å². The Morgan fingerprint density at radius 1 is 1.06 bits per heavy atom. The number of carbonyl (C=O) groups excluding carboxylic acids is 1. The minimum Gasteiger partial charge on any atom is -0.505 e. The van der Waals surface area contributed by atoms with Crippen LogP contribution >= 0.6 is 0 Å². The number of hydrogen-bond donors (Lipinski definition) is 2. The maximum atomic E-state index is 14.0.